The molecule has 0 aromatic heterocycles. The maximum atomic E-state index is 12.0. The molecule has 0 aromatic rings. The summed E-state index contributed by atoms with van der Waals surface area (Å²) in [6.07, 6.45) is 3.74. The normalized spacial score (nSPS) is 33.2. The first-order valence-electron chi connectivity index (χ1n) is 6.69. The van der Waals surface area contributed by atoms with E-state index < -0.39 is 0 Å². The fraction of sp³-hybridized carbons (Fsp3) is 0.923. The zero-order chi connectivity index (χ0) is 12.2. The van der Waals surface area contributed by atoms with Gasteiger partial charge in [0.25, 0.3) is 0 Å². The maximum absolute atomic E-state index is 12.0. The number of fused-ring (bicyclic) bond motifs is 2. The largest absolute Gasteiger partial charge is 0.444 e. The number of amides is 1. The van der Waals surface area contributed by atoms with Crippen LogP contribution in [-0.4, -0.2) is 52.7 Å². The molecular weight excluding hydrogens is 216 g/mol. The van der Waals surface area contributed by atoms with E-state index in [1.807, 2.05) is 25.7 Å². The summed E-state index contributed by atoms with van der Waals surface area (Å²) in [5, 5.41) is 0. The standard InChI is InChI=1S/C13H22N2O2/c1-13(2,3)17-12(16)15-8-10-6-11(15)7-14(10)9-4-5-9/h9-11H,4-8H2,1-3H3/t10?,11-/m0/s1. The maximum Gasteiger partial charge on any atom is 0.410 e. The first kappa shape index (κ1) is 11.3. The van der Waals surface area contributed by atoms with E-state index in [0.717, 1.165) is 25.6 Å². The van der Waals surface area contributed by atoms with Crippen molar-refractivity contribution in [3.8, 4) is 0 Å². The Kier molecular flexibility index (Phi) is 2.41. The van der Waals surface area contributed by atoms with Crippen LogP contribution in [0.4, 0.5) is 4.79 Å². The molecule has 96 valence electrons. The lowest BCUT2D eigenvalue weighted by atomic mass is 10.2. The second-order valence-corrected chi connectivity index (χ2v) is 6.60. The van der Waals surface area contributed by atoms with Gasteiger partial charge in [0.2, 0.25) is 0 Å². The molecule has 1 unspecified atom stereocenters. The molecule has 1 saturated carbocycles. The molecule has 3 aliphatic rings. The fourth-order valence-electron chi connectivity index (χ4n) is 3.10. The average molecular weight is 238 g/mol. The van der Waals surface area contributed by atoms with E-state index in [1.165, 1.54) is 12.8 Å². The Morgan fingerprint density at radius 1 is 1.12 bits per heavy atom. The second kappa shape index (κ2) is 3.61. The topological polar surface area (TPSA) is 32.8 Å². The smallest absolute Gasteiger partial charge is 0.410 e. The van der Waals surface area contributed by atoms with E-state index in [1.54, 1.807) is 0 Å². The Morgan fingerprint density at radius 3 is 2.29 bits per heavy atom. The predicted molar refractivity (Wildman–Crippen MR) is 64.9 cm³/mol. The lowest BCUT2D eigenvalue weighted by molar-refractivity contribution is 0.0123. The number of carbonyl (C=O) groups is 1. The number of piperazine rings is 1. The molecule has 1 amide bonds. The number of nitrogens with zero attached hydrogens (tertiary/aromatic N) is 2. The molecule has 3 fully saturated rings. The zero-order valence-corrected chi connectivity index (χ0v) is 11.0. The van der Waals surface area contributed by atoms with Crippen LogP contribution in [0.1, 0.15) is 40.0 Å². The van der Waals surface area contributed by atoms with Crippen LogP contribution in [0.2, 0.25) is 0 Å². The van der Waals surface area contributed by atoms with Gasteiger partial charge in [-0.05, 0) is 40.0 Å². The van der Waals surface area contributed by atoms with Crippen LogP contribution in [-0.2, 0) is 4.74 Å². The Morgan fingerprint density at radius 2 is 1.82 bits per heavy atom. The number of hydrogen-bond donors (Lipinski definition) is 0. The van der Waals surface area contributed by atoms with Gasteiger partial charge in [0.05, 0.1) is 0 Å². The van der Waals surface area contributed by atoms with E-state index in [9.17, 15) is 4.79 Å². The van der Waals surface area contributed by atoms with Crippen LogP contribution < -0.4 is 0 Å². The number of likely N-dealkylation sites (tertiary alicyclic amines) is 2. The van der Waals surface area contributed by atoms with Crippen LogP contribution in [0, 0.1) is 0 Å². The monoisotopic (exact) mass is 238 g/mol. The van der Waals surface area contributed by atoms with E-state index in [2.05, 4.69) is 4.90 Å². The summed E-state index contributed by atoms with van der Waals surface area (Å²) in [6.45, 7) is 7.71. The minimum absolute atomic E-state index is 0.125. The molecule has 2 heterocycles. The van der Waals surface area contributed by atoms with Gasteiger partial charge in [-0.25, -0.2) is 4.79 Å². The highest BCUT2D eigenvalue weighted by Gasteiger charge is 2.50. The van der Waals surface area contributed by atoms with Crippen molar-refractivity contribution in [3.63, 3.8) is 0 Å². The lowest BCUT2D eigenvalue weighted by Crippen LogP contribution is -2.50. The molecule has 0 N–H and O–H groups in total. The van der Waals surface area contributed by atoms with Gasteiger partial charge >= 0.3 is 6.09 Å². The first-order chi connectivity index (χ1) is 7.94. The Bertz CT molecular complexity index is 333. The van der Waals surface area contributed by atoms with Gasteiger partial charge in [-0.15, -0.1) is 0 Å². The molecule has 3 rings (SSSR count). The highest BCUT2D eigenvalue weighted by molar-refractivity contribution is 5.69. The Hall–Kier alpha value is -0.770. The molecule has 4 nitrogen and oxygen atoms in total. The number of ether oxygens (including phenoxy) is 1. The van der Waals surface area contributed by atoms with Gasteiger partial charge in [-0.2, -0.15) is 0 Å². The first-order valence-corrected chi connectivity index (χ1v) is 6.69. The molecule has 2 atom stereocenters. The van der Waals surface area contributed by atoms with Gasteiger partial charge in [-0.3, -0.25) is 4.90 Å². The fourth-order valence-corrected chi connectivity index (χ4v) is 3.10. The number of carbonyl (C=O) groups excluding carboxylic acids is 1. The van der Waals surface area contributed by atoms with Gasteiger partial charge in [-0.1, -0.05) is 0 Å². The minimum atomic E-state index is -0.380. The SMILES string of the molecule is CC(C)(C)OC(=O)N1CC2C[C@H]1CN2C1CC1. The average Bonchev–Trinajstić information content (AvgIpc) is 2.85. The zero-order valence-electron chi connectivity index (χ0n) is 11.0. The van der Waals surface area contributed by atoms with Crippen molar-refractivity contribution in [3.05, 3.63) is 0 Å². The Balaban J connectivity index is 1.60. The van der Waals surface area contributed by atoms with Crippen LogP contribution in [0.5, 0.6) is 0 Å². The summed E-state index contributed by atoms with van der Waals surface area (Å²) in [5.41, 5.74) is -0.380. The van der Waals surface area contributed by atoms with Crippen molar-refractivity contribution in [2.45, 2.75) is 63.8 Å². The molecule has 0 spiro atoms. The third-order valence-corrected chi connectivity index (χ3v) is 3.93. The third-order valence-electron chi connectivity index (χ3n) is 3.93. The van der Waals surface area contributed by atoms with E-state index in [0.29, 0.717) is 12.1 Å². The van der Waals surface area contributed by atoms with Gasteiger partial charge in [0, 0.05) is 31.2 Å². The van der Waals surface area contributed by atoms with E-state index >= 15 is 0 Å². The number of hydrogen-bond acceptors (Lipinski definition) is 3. The molecule has 0 radical (unpaired) electrons. The molecule has 2 bridgehead atoms. The Labute approximate surface area is 103 Å². The van der Waals surface area contributed by atoms with Gasteiger partial charge in [0.1, 0.15) is 5.60 Å². The quantitative estimate of drug-likeness (QED) is 0.699. The summed E-state index contributed by atoms with van der Waals surface area (Å²) in [5.74, 6) is 0. The van der Waals surface area contributed by atoms with Gasteiger partial charge in [0.15, 0.2) is 0 Å². The molecule has 1 aliphatic carbocycles. The lowest BCUT2D eigenvalue weighted by Gasteiger charge is -2.35. The summed E-state index contributed by atoms with van der Waals surface area (Å²) < 4.78 is 5.45. The van der Waals surface area contributed by atoms with Crippen LogP contribution in [0.15, 0.2) is 0 Å². The highest BCUT2D eigenvalue weighted by Crippen LogP contribution is 2.39. The predicted octanol–water partition coefficient (Wildman–Crippen LogP) is 1.84. The second-order valence-electron chi connectivity index (χ2n) is 6.60. The van der Waals surface area contributed by atoms with Crippen molar-refractivity contribution in [1.29, 1.82) is 0 Å². The summed E-state index contributed by atoms with van der Waals surface area (Å²) in [6, 6.07) is 1.82. The summed E-state index contributed by atoms with van der Waals surface area (Å²) in [4.78, 5) is 16.6. The highest BCUT2D eigenvalue weighted by atomic mass is 16.6. The van der Waals surface area contributed by atoms with Crippen molar-refractivity contribution < 1.29 is 9.53 Å². The van der Waals surface area contributed by atoms with Crippen LogP contribution in [0.3, 0.4) is 0 Å². The summed E-state index contributed by atoms with van der Waals surface area (Å²) in [7, 11) is 0. The van der Waals surface area contributed by atoms with Crippen molar-refractivity contribution in [2.75, 3.05) is 13.1 Å². The van der Waals surface area contributed by atoms with Crippen LogP contribution in [0.25, 0.3) is 0 Å². The van der Waals surface area contributed by atoms with E-state index in [-0.39, 0.29) is 11.7 Å². The van der Waals surface area contributed by atoms with Crippen LogP contribution >= 0.6 is 0 Å². The molecule has 4 heteroatoms. The summed E-state index contributed by atoms with van der Waals surface area (Å²) >= 11 is 0. The van der Waals surface area contributed by atoms with E-state index in [4.69, 9.17) is 4.74 Å². The van der Waals surface area contributed by atoms with Crippen molar-refractivity contribution >= 4 is 6.09 Å². The molecule has 17 heavy (non-hydrogen) atoms. The van der Waals surface area contributed by atoms with Crippen molar-refractivity contribution in [1.82, 2.24) is 9.80 Å². The molecular formula is C13H22N2O2. The molecule has 0 aromatic carbocycles. The molecule has 2 saturated heterocycles. The number of rotatable bonds is 1. The van der Waals surface area contributed by atoms with Crippen molar-refractivity contribution in [2.24, 2.45) is 0 Å². The minimum Gasteiger partial charge on any atom is -0.444 e. The molecule has 2 aliphatic heterocycles. The van der Waals surface area contributed by atoms with Gasteiger partial charge < -0.3 is 9.64 Å². The third kappa shape index (κ3) is 2.15.